The van der Waals surface area contributed by atoms with E-state index in [1.54, 1.807) is 12.1 Å². The van der Waals surface area contributed by atoms with Gasteiger partial charge in [-0.3, -0.25) is 0 Å². The minimum atomic E-state index is -3.62. The van der Waals surface area contributed by atoms with E-state index in [0.717, 1.165) is 24.8 Å². The van der Waals surface area contributed by atoms with E-state index in [1.807, 2.05) is 12.1 Å². The first-order valence-corrected chi connectivity index (χ1v) is 9.39. The summed E-state index contributed by atoms with van der Waals surface area (Å²) in [7, 11) is 1.82. The maximum atomic E-state index is 11.4. The van der Waals surface area contributed by atoms with Gasteiger partial charge in [0.15, 0.2) is 0 Å². The molecule has 2 nitrogen and oxygen atoms in total. The summed E-state index contributed by atoms with van der Waals surface area (Å²) >= 11 is 0. The van der Waals surface area contributed by atoms with Gasteiger partial charge in [0.1, 0.15) is 0 Å². The second kappa shape index (κ2) is 8.60. The van der Waals surface area contributed by atoms with Crippen molar-refractivity contribution in [3.63, 3.8) is 0 Å². The summed E-state index contributed by atoms with van der Waals surface area (Å²) in [4.78, 5) is 0.266. The molecule has 0 N–H and O–H groups in total. The maximum absolute atomic E-state index is 11.4. The average molecular weight is 303 g/mol. The topological polar surface area (TPSA) is 34.1 Å². The first kappa shape index (κ1) is 16.5. The monoisotopic (exact) mass is 302 g/mol. The van der Waals surface area contributed by atoms with E-state index < -0.39 is 9.05 Å². The molecule has 4 heteroatoms. The van der Waals surface area contributed by atoms with Crippen molar-refractivity contribution in [2.75, 3.05) is 0 Å². The Morgan fingerprint density at radius 3 is 2.16 bits per heavy atom. The van der Waals surface area contributed by atoms with Crippen molar-refractivity contribution < 1.29 is 8.42 Å². The quantitative estimate of drug-likeness (QED) is 0.480. The molecule has 0 atom stereocenters. The van der Waals surface area contributed by atoms with Crippen LogP contribution in [0.3, 0.4) is 0 Å². The molecule has 0 amide bonds. The SMILES string of the molecule is CCCCCCCCCc1ccccc1S(=O)(=O)Cl. The first-order valence-electron chi connectivity index (χ1n) is 7.08. The molecule has 0 unspecified atom stereocenters. The molecule has 0 fully saturated rings. The Balaban J connectivity index is 2.38. The zero-order chi connectivity index (χ0) is 14.1. The lowest BCUT2D eigenvalue weighted by Crippen LogP contribution is -1.98. The van der Waals surface area contributed by atoms with Crippen molar-refractivity contribution in [1.29, 1.82) is 0 Å². The summed E-state index contributed by atoms with van der Waals surface area (Å²) in [6, 6.07) is 7.01. The zero-order valence-corrected chi connectivity index (χ0v) is 13.1. The van der Waals surface area contributed by atoms with Gasteiger partial charge in [0, 0.05) is 10.7 Å². The molecular formula is C15H23ClO2S. The van der Waals surface area contributed by atoms with Gasteiger partial charge in [-0.1, -0.05) is 63.6 Å². The molecule has 1 aromatic carbocycles. The lowest BCUT2D eigenvalue weighted by Gasteiger charge is -2.06. The summed E-state index contributed by atoms with van der Waals surface area (Å²) in [6.45, 7) is 2.21. The zero-order valence-electron chi connectivity index (χ0n) is 11.6. The summed E-state index contributed by atoms with van der Waals surface area (Å²) in [6.07, 6.45) is 9.36. The fraction of sp³-hybridized carbons (Fsp3) is 0.600. The maximum Gasteiger partial charge on any atom is 0.261 e. The number of hydrogen-bond donors (Lipinski definition) is 0. The van der Waals surface area contributed by atoms with Crippen molar-refractivity contribution in [1.82, 2.24) is 0 Å². The van der Waals surface area contributed by atoms with E-state index >= 15 is 0 Å². The Labute approximate surface area is 121 Å². The highest BCUT2D eigenvalue weighted by atomic mass is 35.7. The fourth-order valence-electron chi connectivity index (χ4n) is 2.22. The molecule has 0 heterocycles. The van der Waals surface area contributed by atoms with Gasteiger partial charge in [0.2, 0.25) is 0 Å². The van der Waals surface area contributed by atoms with Crippen LogP contribution in [0.5, 0.6) is 0 Å². The molecule has 19 heavy (non-hydrogen) atoms. The van der Waals surface area contributed by atoms with Crippen LogP contribution in [0, 0.1) is 0 Å². The smallest absolute Gasteiger partial charge is 0.207 e. The second-order valence-corrected chi connectivity index (χ2v) is 7.45. The van der Waals surface area contributed by atoms with Gasteiger partial charge in [-0.25, -0.2) is 8.42 Å². The largest absolute Gasteiger partial charge is 0.261 e. The molecule has 0 radical (unpaired) electrons. The molecule has 108 valence electrons. The lowest BCUT2D eigenvalue weighted by molar-refractivity contribution is 0.586. The lowest BCUT2D eigenvalue weighted by atomic mass is 10.0. The van der Waals surface area contributed by atoms with Crippen LogP contribution in [0.2, 0.25) is 0 Å². The minimum absolute atomic E-state index is 0.266. The normalized spacial score (nSPS) is 11.7. The van der Waals surface area contributed by atoms with E-state index in [-0.39, 0.29) is 4.90 Å². The number of halogens is 1. The summed E-state index contributed by atoms with van der Waals surface area (Å²) < 4.78 is 22.9. The molecule has 1 rings (SSSR count). The molecule has 0 saturated heterocycles. The Hall–Kier alpha value is -0.540. The predicted octanol–water partition coefficient (Wildman–Crippen LogP) is 4.91. The van der Waals surface area contributed by atoms with Crippen LogP contribution in [-0.2, 0) is 15.5 Å². The van der Waals surface area contributed by atoms with Crippen LogP contribution in [-0.4, -0.2) is 8.42 Å². The van der Waals surface area contributed by atoms with Crippen LogP contribution >= 0.6 is 10.7 Å². The third-order valence-electron chi connectivity index (χ3n) is 3.28. The van der Waals surface area contributed by atoms with Gasteiger partial charge in [-0.15, -0.1) is 0 Å². The molecule has 0 aliphatic rings. The van der Waals surface area contributed by atoms with Crippen molar-refractivity contribution in [2.24, 2.45) is 0 Å². The summed E-state index contributed by atoms with van der Waals surface area (Å²) in [5.41, 5.74) is 0.839. The average Bonchev–Trinajstić information content (AvgIpc) is 2.37. The van der Waals surface area contributed by atoms with Crippen LogP contribution in [0.15, 0.2) is 29.2 Å². The number of aryl methyl sites for hydroxylation is 1. The molecule has 0 aliphatic heterocycles. The van der Waals surface area contributed by atoms with Crippen molar-refractivity contribution >= 4 is 19.7 Å². The van der Waals surface area contributed by atoms with Gasteiger partial charge < -0.3 is 0 Å². The molecule has 0 saturated carbocycles. The summed E-state index contributed by atoms with van der Waals surface area (Å²) in [5, 5.41) is 0. The van der Waals surface area contributed by atoms with E-state index in [1.165, 1.54) is 32.1 Å². The van der Waals surface area contributed by atoms with Gasteiger partial charge in [-0.05, 0) is 24.5 Å². The van der Waals surface area contributed by atoms with Crippen LogP contribution in [0.4, 0.5) is 0 Å². The van der Waals surface area contributed by atoms with Crippen LogP contribution < -0.4 is 0 Å². The molecule has 0 bridgehead atoms. The number of rotatable bonds is 9. The Morgan fingerprint density at radius 2 is 1.53 bits per heavy atom. The number of hydrogen-bond acceptors (Lipinski definition) is 2. The van der Waals surface area contributed by atoms with E-state index in [9.17, 15) is 8.42 Å². The van der Waals surface area contributed by atoms with Crippen molar-refractivity contribution in [3.05, 3.63) is 29.8 Å². The Kier molecular flexibility index (Phi) is 7.47. The molecule has 0 aromatic heterocycles. The minimum Gasteiger partial charge on any atom is -0.207 e. The predicted molar refractivity (Wildman–Crippen MR) is 81.2 cm³/mol. The standard InChI is InChI=1S/C15H23ClO2S/c1-2-3-4-5-6-7-8-11-14-12-9-10-13-15(14)19(16,17)18/h9-10,12-13H,2-8,11H2,1H3. The molecule has 1 aromatic rings. The molecular weight excluding hydrogens is 280 g/mol. The Bertz CT molecular complexity index is 469. The molecule has 0 aliphatic carbocycles. The van der Waals surface area contributed by atoms with Gasteiger partial charge in [0.25, 0.3) is 9.05 Å². The second-order valence-electron chi connectivity index (χ2n) is 4.92. The first-order chi connectivity index (χ1) is 9.05. The van der Waals surface area contributed by atoms with Gasteiger partial charge in [-0.2, -0.15) is 0 Å². The highest BCUT2D eigenvalue weighted by Gasteiger charge is 2.14. The third kappa shape index (κ3) is 6.44. The Morgan fingerprint density at radius 1 is 0.947 bits per heavy atom. The van der Waals surface area contributed by atoms with E-state index in [2.05, 4.69) is 6.92 Å². The van der Waals surface area contributed by atoms with Crippen LogP contribution in [0.25, 0.3) is 0 Å². The number of unbranched alkanes of at least 4 members (excludes halogenated alkanes) is 6. The van der Waals surface area contributed by atoms with Gasteiger partial charge in [0.05, 0.1) is 4.90 Å². The summed E-state index contributed by atoms with van der Waals surface area (Å²) in [5.74, 6) is 0. The fourth-order valence-corrected chi connectivity index (χ4v) is 3.40. The van der Waals surface area contributed by atoms with Crippen molar-refractivity contribution in [2.45, 2.75) is 63.2 Å². The van der Waals surface area contributed by atoms with Gasteiger partial charge >= 0.3 is 0 Å². The highest BCUT2D eigenvalue weighted by Crippen LogP contribution is 2.21. The third-order valence-corrected chi connectivity index (χ3v) is 4.71. The highest BCUT2D eigenvalue weighted by molar-refractivity contribution is 8.13. The van der Waals surface area contributed by atoms with E-state index in [0.29, 0.717) is 0 Å². The van der Waals surface area contributed by atoms with Crippen molar-refractivity contribution in [3.8, 4) is 0 Å². The molecule has 0 spiro atoms. The van der Waals surface area contributed by atoms with Crippen LogP contribution in [0.1, 0.15) is 57.4 Å². The van der Waals surface area contributed by atoms with E-state index in [4.69, 9.17) is 10.7 Å². The number of benzene rings is 1.